The summed E-state index contributed by atoms with van der Waals surface area (Å²) in [5.74, 6) is -0.305. The normalized spacial score (nSPS) is 11.8. The second kappa shape index (κ2) is 4.19. The highest BCUT2D eigenvalue weighted by Gasteiger charge is 2.19. The van der Waals surface area contributed by atoms with Gasteiger partial charge in [0, 0.05) is 4.47 Å². The summed E-state index contributed by atoms with van der Waals surface area (Å²) in [6.07, 6.45) is 1.73. The van der Waals surface area contributed by atoms with E-state index in [9.17, 15) is 4.39 Å². The van der Waals surface area contributed by atoms with E-state index in [0.29, 0.717) is 10.2 Å². The van der Waals surface area contributed by atoms with Crippen molar-refractivity contribution in [1.82, 2.24) is 15.0 Å². The first kappa shape index (κ1) is 12.2. The Kier molecular flexibility index (Phi) is 3.01. The molecule has 0 aliphatic carbocycles. The summed E-state index contributed by atoms with van der Waals surface area (Å²) in [6.45, 7) is 3.70. The quantitative estimate of drug-likeness (QED) is 0.926. The van der Waals surface area contributed by atoms with Gasteiger partial charge in [-0.2, -0.15) is 0 Å². The average Bonchev–Trinajstić information content (AvgIpc) is 2.65. The van der Waals surface area contributed by atoms with Crippen LogP contribution >= 0.6 is 15.9 Å². The van der Waals surface area contributed by atoms with Crippen molar-refractivity contribution in [2.24, 2.45) is 5.73 Å². The van der Waals surface area contributed by atoms with E-state index in [1.807, 2.05) is 13.8 Å². The summed E-state index contributed by atoms with van der Waals surface area (Å²) in [6, 6.07) is 4.38. The van der Waals surface area contributed by atoms with Crippen LogP contribution in [0.5, 0.6) is 0 Å². The number of rotatable bonds is 2. The summed E-state index contributed by atoms with van der Waals surface area (Å²) >= 11 is 3.28. The van der Waals surface area contributed by atoms with Gasteiger partial charge in [0.2, 0.25) is 0 Å². The molecule has 4 nitrogen and oxygen atoms in total. The van der Waals surface area contributed by atoms with Gasteiger partial charge in [-0.1, -0.05) is 5.21 Å². The number of hydrogen-bond donors (Lipinski definition) is 1. The van der Waals surface area contributed by atoms with Crippen LogP contribution in [-0.2, 0) is 5.54 Å². The number of benzene rings is 1. The van der Waals surface area contributed by atoms with Crippen LogP contribution < -0.4 is 5.73 Å². The Morgan fingerprint density at radius 3 is 2.65 bits per heavy atom. The molecule has 2 N–H and O–H groups in total. The van der Waals surface area contributed by atoms with E-state index in [0.717, 1.165) is 5.69 Å². The van der Waals surface area contributed by atoms with Gasteiger partial charge in [0.15, 0.2) is 0 Å². The molecular formula is C11H12BrFN4. The molecule has 90 valence electrons. The molecule has 2 aromatic rings. The van der Waals surface area contributed by atoms with Gasteiger partial charge in [0.05, 0.1) is 17.4 Å². The molecule has 2 rings (SSSR count). The topological polar surface area (TPSA) is 56.7 Å². The smallest absolute Gasteiger partial charge is 0.124 e. The highest BCUT2D eigenvalue weighted by Crippen LogP contribution is 2.22. The lowest BCUT2D eigenvalue weighted by Gasteiger charge is -2.13. The van der Waals surface area contributed by atoms with Gasteiger partial charge in [-0.3, -0.25) is 0 Å². The van der Waals surface area contributed by atoms with Crippen molar-refractivity contribution in [3.05, 3.63) is 40.4 Å². The van der Waals surface area contributed by atoms with Gasteiger partial charge in [-0.15, -0.1) is 5.10 Å². The first-order valence-electron chi connectivity index (χ1n) is 5.05. The van der Waals surface area contributed by atoms with Crippen LogP contribution in [-0.4, -0.2) is 15.0 Å². The van der Waals surface area contributed by atoms with Crippen LogP contribution in [0.4, 0.5) is 4.39 Å². The van der Waals surface area contributed by atoms with Crippen LogP contribution in [0.25, 0.3) is 5.69 Å². The number of hydrogen-bond acceptors (Lipinski definition) is 3. The average molecular weight is 299 g/mol. The second-order valence-corrected chi connectivity index (χ2v) is 5.22. The maximum atomic E-state index is 13.0. The third kappa shape index (κ3) is 2.53. The van der Waals surface area contributed by atoms with E-state index in [2.05, 4.69) is 26.2 Å². The molecule has 6 heteroatoms. The molecule has 0 amide bonds. The summed E-state index contributed by atoms with van der Waals surface area (Å²) in [5.41, 5.74) is 6.76. The van der Waals surface area contributed by atoms with E-state index in [1.165, 1.54) is 12.1 Å². The Hall–Kier alpha value is -1.27. The van der Waals surface area contributed by atoms with Crippen molar-refractivity contribution in [3.8, 4) is 5.69 Å². The van der Waals surface area contributed by atoms with Gasteiger partial charge in [0.25, 0.3) is 0 Å². The molecule has 0 spiro atoms. The summed E-state index contributed by atoms with van der Waals surface area (Å²) < 4.78 is 15.1. The molecule has 0 saturated carbocycles. The minimum absolute atomic E-state index is 0.305. The van der Waals surface area contributed by atoms with Crippen molar-refractivity contribution < 1.29 is 4.39 Å². The van der Waals surface area contributed by atoms with Crippen LogP contribution in [0, 0.1) is 5.82 Å². The third-order valence-corrected chi connectivity index (χ3v) is 2.95. The maximum Gasteiger partial charge on any atom is 0.124 e. The predicted octanol–water partition coefficient (Wildman–Crippen LogP) is 2.36. The summed E-state index contributed by atoms with van der Waals surface area (Å²) in [7, 11) is 0. The van der Waals surface area contributed by atoms with Crippen LogP contribution in [0.3, 0.4) is 0 Å². The monoisotopic (exact) mass is 298 g/mol. The Bertz CT molecular complexity index is 545. The predicted molar refractivity (Wildman–Crippen MR) is 66.2 cm³/mol. The summed E-state index contributed by atoms with van der Waals surface area (Å²) in [5, 5.41) is 7.98. The van der Waals surface area contributed by atoms with E-state index >= 15 is 0 Å². The second-order valence-electron chi connectivity index (χ2n) is 4.37. The van der Waals surface area contributed by atoms with Crippen molar-refractivity contribution >= 4 is 15.9 Å². The highest BCUT2D eigenvalue weighted by molar-refractivity contribution is 9.10. The maximum absolute atomic E-state index is 13.0. The van der Waals surface area contributed by atoms with Crippen molar-refractivity contribution in [3.63, 3.8) is 0 Å². The Morgan fingerprint density at radius 1 is 1.41 bits per heavy atom. The molecule has 0 atom stereocenters. The molecule has 1 heterocycles. The van der Waals surface area contributed by atoms with Gasteiger partial charge in [-0.05, 0) is 48.0 Å². The van der Waals surface area contributed by atoms with Crippen molar-refractivity contribution in [2.45, 2.75) is 19.4 Å². The molecule has 0 aliphatic rings. The lowest BCUT2D eigenvalue weighted by atomic mass is 10.0. The molecule has 0 radical (unpaired) electrons. The Balaban J connectivity index is 2.44. The van der Waals surface area contributed by atoms with Gasteiger partial charge in [-0.25, -0.2) is 9.07 Å². The zero-order chi connectivity index (χ0) is 12.6. The van der Waals surface area contributed by atoms with Crippen LogP contribution in [0.15, 0.2) is 28.9 Å². The van der Waals surface area contributed by atoms with Crippen LogP contribution in [0.1, 0.15) is 19.5 Å². The molecule has 0 bridgehead atoms. The van der Waals surface area contributed by atoms with E-state index in [1.54, 1.807) is 16.9 Å². The first-order valence-corrected chi connectivity index (χ1v) is 5.84. The van der Waals surface area contributed by atoms with E-state index in [-0.39, 0.29) is 5.82 Å². The zero-order valence-corrected chi connectivity index (χ0v) is 11.1. The number of nitrogens with zero attached hydrogens (tertiary/aromatic N) is 3. The molecule has 1 aromatic heterocycles. The Morgan fingerprint density at radius 2 is 2.12 bits per heavy atom. The summed E-state index contributed by atoms with van der Waals surface area (Å²) in [4.78, 5) is 0. The van der Waals surface area contributed by atoms with Crippen molar-refractivity contribution in [2.75, 3.05) is 0 Å². The van der Waals surface area contributed by atoms with Gasteiger partial charge >= 0.3 is 0 Å². The molecule has 1 aromatic carbocycles. The fraction of sp³-hybridized carbons (Fsp3) is 0.273. The van der Waals surface area contributed by atoms with E-state index in [4.69, 9.17) is 5.73 Å². The van der Waals surface area contributed by atoms with Gasteiger partial charge in [0.1, 0.15) is 11.5 Å². The SMILES string of the molecule is CC(C)(N)c1cn(-c2ccc(F)cc2Br)nn1. The van der Waals surface area contributed by atoms with Gasteiger partial charge < -0.3 is 5.73 Å². The lowest BCUT2D eigenvalue weighted by molar-refractivity contribution is 0.533. The van der Waals surface area contributed by atoms with E-state index < -0.39 is 5.54 Å². The van der Waals surface area contributed by atoms with Crippen molar-refractivity contribution in [1.29, 1.82) is 0 Å². The molecule has 0 aliphatic heterocycles. The molecule has 0 unspecified atom stereocenters. The highest BCUT2D eigenvalue weighted by atomic mass is 79.9. The fourth-order valence-electron chi connectivity index (χ4n) is 1.34. The number of aromatic nitrogens is 3. The zero-order valence-electron chi connectivity index (χ0n) is 9.48. The molecule has 17 heavy (non-hydrogen) atoms. The molecule has 0 fully saturated rings. The molecular weight excluding hydrogens is 287 g/mol. The molecule has 0 saturated heterocycles. The minimum atomic E-state index is -0.551. The number of nitrogens with two attached hydrogens (primary N) is 1. The largest absolute Gasteiger partial charge is 0.320 e. The van der Waals surface area contributed by atoms with Crippen LogP contribution in [0.2, 0.25) is 0 Å². The number of halogens is 2. The minimum Gasteiger partial charge on any atom is -0.320 e. The first-order chi connectivity index (χ1) is 7.88. The standard InChI is InChI=1S/C11H12BrFN4/c1-11(2,14)10-6-17(16-15-10)9-4-3-7(13)5-8(9)12/h3-6H,14H2,1-2H3. The third-order valence-electron chi connectivity index (χ3n) is 2.31. The Labute approximate surface area is 107 Å². The fourth-order valence-corrected chi connectivity index (χ4v) is 1.88. The lowest BCUT2D eigenvalue weighted by Crippen LogP contribution is -2.29.